The van der Waals surface area contributed by atoms with Crippen LogP contribution in [0.5, 0.6) is 5.75 Å². The Kier molecular flexibility index (Phi) is 6.28. The Hall–Kier alpha value is -2.08. The van der Waals surface area contributed by atoms with Crippen molar-refractivity contribution in [3.8, 4) is 5.75 Å². The Labute approximate surface area is 153 Å². The minimum atomic E-state index is 0.0947. The lowest BCUT2D eigenvalue weighted by molar-refractivity contribution is -0.121. The van der Waals surface area contributed by atoms with E-state index in [-0.39, 0.29) is 5.91 Å². The van der Waals surface area contributed by atoms with E-state index in [4.69, 9.17) is 4.74 Å². The second-order valence-electron chi connectivity index (χ2n) is 6.15. The van der Waals surface area contributed by atoms with Crippen molar-refractivity contribution in [1.29, 1.82) is 0 Å². The number of para-hydroxylation sites is 1. The Morgan fingerprint density at radius 1 is 1.44 bits per heavy atom. The Morgan fingerprint density at radius 2 is 2.32 bits per heavy atom. The summed E-state index contributed by atoms with van der Waals surface area (Å²) < 4.78 is 5.62. The van der Waals surface area contributed by atoms with E-state index in [2.05, 4.69) is 15.2 Å². The van der Waals surface area contributed by atoms with Crippen molar-refractivity contribution in [1.82, 2.24) is 10.3 Å². The number of aryl methyl sites for hydroxylation is 1. The van der Waals surface area contributed by atoms with Crippen LogP contribution in [0.1, 0.15) is 31.7 Å². The molecule has 1 aliphatic heterocycles. The number of amides is 1. The molecule has 6 heteroatoms. The van der Waals surface area contributed by atoms with Crippen molar-refractivity contribution >= 4 is 22.4 Å². The molecule has 2 heterocycles. The van der Waals surface area contributed by atoms with Gasteiger partial charge in [-0.05, 0) is 37.8 Å². The molecule has 0 radical (unpaired) electrons. The van der Waals surface area contributed by atoms with Gasteiger partial charge in [-0.15, -0.1) is 11.3 Å². The summed E-state index contributed by atoms with van der Waals surface area (Å²) in [5, 5.41) is 6.15. The van der Waals surface area contributed by atoms with Crippen LogP contribution in [0.15, 0.2) is 35.8 Å². The molecule has 134 valence electrons. The van der Waals surface area contributed by atoms with Crippen LogP contribution < -0.4 is 15.0 Å². The van der Waals surface area contributed by atoms with Crippen LogP contribution in [-0.2, 0) is 11.2 Å². The first-order valence-electron chi connectivity index (χ1n) is 8.91. The van der Waals surface area contributed by atoms with E-state index in [0.717, 1.165) is 35.8 Å². The molecule has 0 aliphatic carbocycles. The van der Waals surface area contributed by atoms with E-state index in [1.807, 2.05) is 42.8 Å². The number of nitrogens with one attached hydrogen (secondary N) is 1. The molecule has 0 spiro atoms. The van der Waals surface area contributed by atoms with Crippen LogP contribution in [0.3, 0.4) is 0 Å². The number of carbonyl (C=O) groups is 1. The minimum Gasteiger partial charge on any atom is -0.494 e. The first kappa shape index (κ1) is 17.7. The maximum atomic E-state index is 12.3. The van der Waals surface area contributed by atoms with Crippen LogP contribution in [0.2, 0.25) is 0 Å². The molecule has 1 aromatic heterocycles. The maximum absolute atomic E-state index is 12.3. The molecule has 1 atom stereocenters. The van der Waals surface area contributed by atoms with Gasteiger partial charge >= 0.3 is 0 Å². The smallest absolute Gasteiger partial charge is 0.220 e. The Balaban J connectivity index is 1.47. The van der Waals surface area contributed by atoms with E-state index in [1.54, 1.807) is 11.3 Å². The van der Waals surface area contributed by atoms with Gasteiger partial charge in [-0.2, -0.15) is 0 Å². The van der Waals surface area contributed by atoms with Crippen molar-refractivity contribution in [3.05, 3.63) is 41.4 Å². The number of carbonyl (C=O) groups excluding carboxylic acids is 1. The molecule has 0 saturated carbocycles. The molecule has 1 aliphatic rings. The summed E-state index contributed by atoms with van der Waals surface area (Å²) in [6, 6.07) is 8.29. The lowest BCUT2D eigenvalue weighted by Crippen LogP contribution is -2.40. The number of hydrogen-bond donors (Lipinski definition) is 1. The molecule has 1 aromatic carbocycles. The molecule has 0 bridgehead atoms. The first-order chi connectivity index (χ1) is 12.3. The van der Waals surface area contributed by atoms with Crippen molar-refractivity contribution in [3.63, 3.8) is 0 Å². The lowest BCUT2D eigenvalue weighted by atomic mass is 10.1. The SMILES string of the molecule is CCOc1ccccc1CCC(=O)NCC1CCCN1c1nccs1. The number of anilines is 1. The highest BCUT2D eigenvalue weighted by atomic mass is 32.1. The van der Waals surface area contributed by atoms with Crippen molar-refractivity contribution < 1.29 is 9.53 Å². The molecule has 1 saturated heterocycles. The van der Waals surface area contributed by atoms with E-state index in [9.17, 15) is 4.79 Å². The van der Waals surface area contributed by atoms with Crippen LogP contribution in [0.25, 0.3) is 0 Å². The molecular formula is C19H25N3O2S. The largest absolute Gasteiger partial charge is 0.494 e. The summed E-state index contributed by atoms with van der Waals surface area (Å²) in [5.74, 6) is 0.973. The molecule has 1 amide bonds. The average Bonchev–Trinajstić information content (AvgIpc) is 3.30. The second kappa shape index (κ2) is 8.85. The lowest BCUT2D eigenvalue weighted by Gasteiger charge is -2.24. The third-order valence-electron chi connectivity index (χ3n) is 4.47. The number of rotatable bonds is 8. The van der Waals surface area contributed by atoms with Crippen LogP contribution in [-0.4, -0.2) is 36.6 Å². The summed E-state index contributed by atoms with van der Waals surface area (Å²) in [6.07, 6.45) is 5.27. The molecule has 1 unspecified atom stereocenters. The van der Waals surface area contributed by atoms with Gasteiger partial charge in [0.15, 0.2) is 5.13 Å². The maximum Gasteiger partial charge on any atom is 0.220 e. The van der Waals surface area contributed by atoms with Gasteiger partial charge in [-0.3, -0.25) is 4.79 Å². The van der Waals surface area contributed by atoms with Crippen molar-refractivity contribution in [2.75, 3.05) is 24.6 Å². The summed E-state index contributed by atoms with van der Waals surface area (Å²) in [6.45, 7) is 4.32. The molecule has 1 fully saturated rings. The molecule has 3 rings (SSSR count). The van der Waals surface area contributed by atoms with E-state index < -0.39 is 0 Å². The van der Waals surface area contributed by atoms with Gasteiger partial charge in [0.1, 0.15) is 5.75 Å². The fourth-order valence-electron chi connectivity index (χ4n) is 3.23. The summed E-state index contributed by atoms with van der Waals surface area (Å²) in [5.41, 5.74) is 1.09. The third-order valence-corrected chi connectivity index (χ3v) is 5.28. The highest BCUT2D eigenvalue weighted by molar-refractivity contribution is 7.13. The second-order valence-corrected chi connectivity index (χ2v) is 7.02. The summed E-state index contributed by atoms with van der Waals surface area (Å²) in [4.78, 5) is 19.0. The van der Waals surface area contributed by atoms with Crippen LogP contribution in [0, 0.1) is 0 Å². The number of nitrogens with zero attached hydrogens (tertiary/aromatic N) is 2. The zero-order valence-corrected chi connectivity index (χ0v) is 15.4. The minimum absolute atomic E-state index is 0.0947. The highest BCUT2D eigenvalue weighted by Gasteiger charge is 2.26. The fourth-order valence-corrected chi connectivity index (χ4v) is 3.97. The molecular weight excluding hydrogens is 334 g/mol. The Bertz CT molecular complexity index is 675. The molecule has 2 aromatic rings. The van der Waals surface area contributed by atoms with Crippen molar-refractivity contribution in [2.24, 2.45) is 0 Å². The van der Waals surface area contributed by atoms with Crippen LogP contribution in [0.4, 0.5) is 5.13 Å². The van der Waals surface area contributed by atoms with Gasteiger partial charge < -0.3 is 15.0 Å². The predicted molar refractivity (Wildman–Crippen MR) is 101 cm³/mol. The van der Waals surface area contributed by atoms with E-state index >= 15 is 0 Å². The van der Waals surface area contributed by atoms with Gasteiger partial charge in [-0.25, -0.2) is 4.98 Å². The third kappa shape index (κ3) is 4.72. The van der Waals surface area contributed by atoms with Gasteiger partial charge in [0.25, 0.3) is 0 Å². The van der Waals surface area contributed by atoms with E-state index in [1.165, 1.54) is 0 Å². The number of aromatic nitrogens is 1. The number of hydrogen-bond acceptors (Lipinski definition) is 5. The summed E-state index contributed by atoms with van der Waals surface area (Å²) in [7, 11) is 0. The molecule has 1 N–H and O–H groups in total. The quantitative estimate of drug-likeness (QED) is 0.786. The summed E-state index contributed by atoms with van der Waals surface area (Å²) >= 11 is 1.66. The zero-order chi connectivity index (χ0) is 17.5. The predicted octanol–water partition coefficient (Wildman–Crippen LogP) is 3.26. The average molecular weight is 359 g/mol. The monoisotopic (exact) mass is 359 g/mol. The Morgan fingerprint density at radius 3 is 3.12 bits per heavy atom. The zero-order valence-electron chi connectivity index (χ0n) is 14.6. The topological polar surface area (TPSA) is 54.5 Å². The molecule has 25 heavy (non-hydrogen) atoms. The standard InChI is InChI=1S/C19H25N3O2S/c1-2-24-17-8-4-3-6-15(17)9-10-18(23)21-14-16-7-5-12-22(16)19-20-11-13-25-19/h3-4,6,8,11,13,16H,2,5,7,9-10,12,14H2,1H3,(H,21,23). The number of ether oxygens (including phenoxy) is 1. The van der Waals surface area contributed by atoms with Crippen LogP contribution >= 0.6 is 11.3 Å². The first-order valence-corrected chi connectivity index (χ1v) is 9.79. The molecule has 5 nitrogen and oxygen atoms in total. The van der Waals surface area contributed by atoms with Crippen molar-refractivity contribution in [2.45, 2.75) is 38.6 Å². The van der Waals surface area contributed by atoms with E-state index in [0.29, 0.717) is 32.0 Å². The normalized spacial score (nSPS) is 16.8. The van der Waals surface area contributed by atoms with Gasteiger partial charge in [0.2, 0.25) is 5.91 Å². The number of benzene rings is 1. The number of thiazole rings is 1. The van der Waals surface area contributed by atoms with Gasteiger partial charge in [0, 0.05) is 37.1 Å². The highest BCUT2D eigenvalue weighted by Crippen LogP contribution is 2.26. The van der Waals surface area contributed by atoms with Gasteiger partial charge in [0.05, 0.1) is 6.61 Å². The van der Waals surface area contributed by atoms with Gasteiger partial charge in [-0.1, -0.05) is 18.2 Å². The fraction of sp³-hybridized carbons (Fsp3) is 0.474.